The minimum absolute atomic E-state index is 0.0226. The second-order valence-corrected chi connectivity index (χ2v) is 7.17. The van der Waals surface area contributed by atoms with Crippen molar-refractivity contribution in [1.82, 2.24) is 15.0 Å². The van der Waals surface area contributed by atoms with E-state index < -0.39 is 0 Å². The molecule has 2 aromatic rings. The number of aliphatic hydroxyl groups excluding tert-OH is 1. The van der Waals surface area contributed by atoms with Crippen LogP contribution in [0.25, 0.3) is 0 Å². The molecule has 0 unspecified atom stereocenters. The first-order chi connectivity index (χ1) is 11.6. The lowest BCUT2D eigenvalue weighted by Crippen LogP contribution is -2.27. The van der Waals surface area contributed by atoms with Gasteiger partial charge in [0.15, 0.2) is 5.82 Å². The van der Waals surface area contributed by atoms with Crippen LogP contribution in [0.4, 0.5) is 4.39 Å². The molecular formula is C17H19ClFN3O2. The Balaban J connectivity index is 1.49. The lowest BCUT2D eigenvalue weighted by Gasteiger charge is -2.20. The molecule has 2 aliphatic rings. The average Bonchev–Trinajstić information content (AvgIpc) is 3.10. The van der Waals surface area contributed by atoms with Gasteiger partial charge in [-0.2, -0.15) is 4.98 Å². The molecule has 1 saturated carbocycles. The van der Waals surface area contributed by atoms with E-state index in [0.717, 1.165) is 18.0 Å². The van der Waals surface area contributed by atoms with Crippen LogP contribution in [0.2, 0.25) is 5.02 Å². The van der Waals surface area contributed by atoms with Crippen molar-refractivity contribution in [2.45, 2.75) is 37.8 Å². The van der Waals surface area contributed by atoms with Gasteiger partial charge in [-0.15, -0.1) is 0 Å². The van der Waals surface area contributed by atoms with Crippen LogP contribution in [-0.2, 0) is 6.42 Å². The number of nitrogens with zero attached hydrogens (tertiary/aromatic N) is 3. The third-order valence-corrected chi connectivity index (χ3v) is 5.06. The molecule has 0 spiro atoms. The van der Waals surface area contributed by atoms with E-state index in [0.29, 0.717) is 36.1 Å². The number of benzene rings is 1. The molecule has 1 saturated heterocycles. The summed E-state index contributed by atoms with van der Waals surface area (Å²) >= 11 is 6.05. The molecule has 5 nitrogen and oxygen atoms in total. The van der Waals surface area contributed by atoms with Gasteiger partial charge in [0.2, 0.25) is 5.89 Å². The van der Waals surface area contributed by atoms with Gasteiger partial charge in [0, 0.05) is 24.5 Å². The van der Waals surface area contributed by atoms with E-state index in [1.54, 1.807) is 6.07 Å². The maximum absolute atomic E-state index is 13.1. The van der Waals surface area contributed by atoms with Crippen molar-refractivity contribution in [3.63, 3.8) is 0 Å². The van der Waals surface area contributed by atoms with Crippen molar-refractivity contribution >= 4 is 11.6 Å². The first kappa shape index (κ1) is 16.0. The first-order valence-corrected chi connectivity index (χ1v) is 8.65. The molecule has 2 fully saturated rings. The van der Waals surface area contributed by atoms with Crippen molar-refractivity contribution in [3.05, 3.63) is 46.3 Å². The van der Waals surface area contributed by atoms with E-state index in [4.69, 9.17) is 16.1 Å². The first-order valence-electron chi connectivity index (χ1n) is 8.27. The maximum atomic E-state index is 13.1. The Labute approximate surface area is 144 Å². The van der Waals surface area contributed by atoms with Crippen molar-refractivity contribution in [1.29, 1.82) is 0 Å². The van der Waals surface area contributed by atoms with E-state index in [1.165, 1.54) is 25.0 Å². The largest absolute Gasteiger partial charge is 0.392 e. The highest BCUT2D eigenvalue weighted by molar-refractivity contribution is 6.31. The molecule has 1 aliphatic carbocycles. The van der Waals surface area contributed by atoms with Gasteiger partial charge in [0.05, 0.1) is 12.1 Å². The zero-order valence-corrected chi connectivity index (χ0v) is 13.9. The lowest BCUT2D eigenvalue weighted by atomic mass is 10.1. The standard InChI is InChI=1S/C17H19ClFN3O2/c18-14-6-12(19)4-3-11(14)5-16-20-17(24-21-16)15-7-13(23)9-22(15)8-10-1-2-10/h3-4,6,10,13,15,23H,1-2,5,7-9H2/t13-,15+/m1/s1. The van der Waals surface area contributed by atoms with Crippen LogP contribution in [0.15, 0.2) is 22.7 Å². The van der Waals surface area contributed by atoms with Crippen LogP contribution in [0.3, 0.4) is 0 Å². The SMILES string of the molecule is O[C@@H]1C[C@@H](c2nc(Cc3ccc(F)cc3Cl)no2)N(CC2CC2)C1. The number of likely N-dealkylation sites (tertiary alicyclic amines) is 1. The van der Waals surface area contributed by atoms with Gasteiger partial charge in [-0.3, -0.25) is 4.90 Å². The Morgan fingerprint density at radius 3 is 2.96 bits per heavy atom. The fraction of sp³-hybridized carbons (Fsp3) is 0.529. The third-order valence-electron chi connectivity index (χ3n) is 4.70. The zero-order valence-electron chi connectivity index (χ0n) is 13.2. The molecule has 0 radical (unpaired) electrons. The molecule has 1 aliphatic heterocycles. The topological polar surface area (TPSA) is 62.4 Å². The minimum atomic E-state index is -0.367. The molecule has 1 aromatic heterocycles. The molecule has 2 atom stereocenters. The normalized spacial score (nSPS) is 24.6. The average molecular weight is 352 g/mol. The molecular weight excluding hydrogens is 333 g/mol. The summed E-state index contributed by atoms with van der Waals surface area (Å²) in [4.78, 5) is 6.72. The Morgan fingerprint density at radius 1 is 1.38 bits per heavy atom. The van der Waals surface area contributed by atoms with Crippen molar-refractivity contribution < 1.29 is 14.0 Å². The van der Waals surface area contributed by atoms with Crippen LogP contribution in [0, 0.1) is 11.7 Å². The van der Waals surface area contributed by atoms with Crippen LogP contribution < -0.4 is 0 Å². The third kappa shape index (κ3) is 3.45. The van der Waals surface area contributed by atoms with Crippen molar-refractivity contribution in [2.75, 3.05) is 13.1 Å². The van der Waals surface area contributed by atoms with Gasteiger partial charge in [0.25, 0.3) is 0 Å². The van der Waals surface area contributed by atoms with Crippen LogP contribution in [-0.4, -0.2) is 39.3 Å². The van der Waals surface area contributed by atoms with Crippen LogP contribution in [0.5, 0.6) is 0 Å². The van der Waals surface area contributed by atoms with Gasteiger partial charge in [0.1, 0.15) is 5.82 Å². The predicted octanol–water partition coefficient (Wildman–Crippen LogP) is 2.97. The molecule has 128 valence electrons. The van der Waals surface area contributed by atoms with Gasteiger partial charge in [-0.25, -0.2) is 4.39 Å². The van der Waals surface area contributed by atoms with Crippen molar-refractivity contribution in [2.24, 2.45) is 5.92 Å². The number of halogens is 2. The Bertz CT molecular complexity index is 734. The minimum Gasteiger partial charge on any atom is -0.392 e. The quantitative estimate of drug-likeness (QED) is 0.897. The van der Waals surface area contributed by atoms with E-state index in [2.05, 4.69) is 15.0 Å². The number of aliphatic hydroxyl groups is 1. The second-order valence-electron chi connectivity index (χ2n) is 6.76. The molecule has 1 N–H and O–H groups in total. The summed E-state index contributed by atoms with van der Waals surface area (Å²) < 4.78 is 18.6. The Hall–Kier alpha value is -1.50. The van der Waals surface area contributed by atoms with E-state index in [9.17, 15) is 9.50 Å². The second kappa shape index (κ2) is 6.43. The molecule has 1 aromatic carbocycles. The molecule has 24 heavy (non-hydrogen) atoms. The number of hydrogen-bond acceptors (Lipinski definition) is 5. The molecule has 2 heterocycles. The maximum Gasteiger partial charge on any atom is 0.244 e. The number of β-amino-alcohol motifs (C(OH)–C–C–N with tert-alkyl or cyclic N) is 1. The lowest BCUT2D eigenvalue weighted by molar-refractivity contribution is 0.170. The number of rotatable bonds is 5. The highest BCUT2D eigenvalue weighted by atomic mass is 35.5. The molecule has 0 bridgehead atoms. The molecule has 4 rings (SSSR count). The summed E-state index contributed by atoms with van der Waals surface area (Å²) in [6.07, 6.45) is 3.18. The van der Waals surface area contributed by atoms with E-state index >= 15 is 0 Å². The summed E-state index contributed by atoms with van der Waals surface area (Å²) in [5.41, 5.74) is 0.756. The summed E-state index contributed by atoms with van der Waals surface area (Å²) in [7, 11) is 0. The monoisotopic (exact) mass is 351 g/mol. The summed E-state index contributed by atoms with van der Waals surface area (Å²) in [6, 6.07) is 4.26. The fourth-order valence-corrected chi connectivity index (χ4v) is 3.51. The smallest absolute Gasteiger partial charge is 0.244 e. The summed E-state index contributed by atoms with van der Waals surface area (Å²) in [5.74, 6) is 1.43. The number of aromatic nitrogens is 2. The van der Waals surface area contributed by atoms with Gasteiger partial charge in [-0.05, 0) is 42.9 Å². The summed E-state index contributed by atoms with van der Waals surface area (Å²) in [6.45, 7) is 1.63. The molecule has 0 amide bonds. The highest BCUT2D eigenvalue weighted by Gasteiger charge is 2.38. The van der Waals surface area contributed by atoms with Crippen LogP contribution >= 0.6 is 11.6 Å². The molecule has 7 heteroatoms. The predicted molar refractivity (Wildman–Crippen MR) is 86.2 cm³/mol. The summed E-state index contributed by atoms with van der Waals surface area (Å²) in [5, 5.41) is 14.4. The fourth-order valence-electron chi connectivity index (χ4n) is 3.28. The Kier molecular flexibility index (Phi) is 4.28. The van der Waals surface area contributed by atoms with Crippen LogP contribution in [0.1, 0.15) is 42.6 Å². The van der Waals surface area contributed by atoms with E-state index in [-0.39, 0.29) is 18.0 Å². The Morgan fingerprint density at radius 2 is 2.21 bits per heavy atom. The highest BCUT2D eigenvalue weighted by Crippen LogP contribution is 2.37. The van der Waals surface area contributed by atoms with Crippen molar-refractivity contribution in [3.8, 4) is 0 Å². The van der Waals surface area contributed by atoms with Gasteiger partial charge < -0.3 is 9.63 Å². The van der Waals surface area contributed by atoms with E-state index in [1.807, 2.05) is 0 Å². The van der Waals surface area contributed by atoms with Gasteiger partial charge in [-0.1, -0.05) is 22.8 Å². The zero-order chi connectivity index (χ0) is 16.7. The van der Waals surface area contributed by atoms with Gasteiger partial charge >= 0.3 is 0 Å². The number of hydrogen-bond donors (Lipinski definition) is 1.